The van der Waals surface area contributed by atoms with Crippen LogP contribution in [0.2, 0.25) is 5.02 Å². The largest absolute Gasteiger partial charge is 0.495 e. The number of nitrogens with one attached hydrogen (secondary N) is 2. The summed E-state index contributed by atoms with van der Waals surface area (Å²) in [5.74, 6) is 0.0478. The highest BCUT2D eigenvalue weighted by molar-refractivity contribution is 6.31. The van der Waals surface area contributed by atoms with Gasteiger partial charge in [0.05, 0.1) is 19.2 Å². The second-order valence-corrected chi connectivity index (χ2v) is 5.10. The molecule has 1 aliphatic rings. The molecule has 9 heteroatoms. The molecular formula is C13H12ClN5O3. The number of rotatable bonds is 3. The molecule has 22 heavy (non-hydrogen) atoms. The molecule has 0 spiro atoms. The van der Waals surface area contributed by atoms with Gasteiger partial charge in [0.2, 0.25) is 17.8 Å². The number of hydrogen-bond acceptors (Lipinski definition) is 5. The van der Waals surface area contributed by atoms with E-state index >= 15 is 0 Å². The predicted octanol–water partition coefficient (Wildman–Crippen LogP) is 1.46. The van der Waals surface area contributed by atoms with Crippen molar-refractivity contribution >= 4 is 35.1 Å². The van der Waals surface area contributed by atoms with E-state index in [1.807, 2.05) is 0 Å². The molecule has 0 fully saturated rings. The van der Waals surface area contributed by atoms with Crippen LogP contribution in [-0.4, -0.2) is 33.7 Å². The van der Waals surface area contributed by atoms with Gasteiger partial charge < -0.3 is 10.1 Å². The highest BCUT2D eigenvalue weighted by Crippen LogP contribution is 2.30. The highest BCUT2D eigenvalue weighted by atomic mass is 35.5. The summed E-state index contributed by atoms with van der Waals surface area (Å²) in [7, 11) is 1.49. The summed E-state index contributed by atoms with van der Waals surface area (Å²) in [5.41, 5.74) is 0.431. The predicted molar refractivity (Wildman–Crippen MR) is 78.9 cm³/mol. The lowest BCUT2D eigenvalue weighted by Gasteiger charge is -2.23. The Bertz CT molecular complexity index is 745. The maximum absolute atomic E-state index is 12.5. The van der Waals surface area contributed by atoms with Gasteiger partial charge in [-0.1, -0.05) is 11.6 Å². The summed E-state index contributed by atoms with van der Waals surface area (Å²) in [6, 6.07) is 4.15. The fourth-order valence-corrected chi connectivity index (χ4v) is 2.39. The Morgan fingerprint density at radius 2 is 2.36 bits per heavy atom. The standard InChI is InChI=1S/C13H12ClN5O3/c1-22-10-3-2-7(14)4-8(10)16-12(21)9-5-11(20)17-13-18-15-6-19(9)13/h2-4,6,9H,5H2,1H3,(H,16,21)(H,17,18,20). The van der Waals surface area contributed by atoms with E-state index in [2.05, 4.69) is 20.8 Å². The van der Waals surface area contributed by atoms with Gasteiger partial charge in [-0.25, -0.2) is 0 Å². The maximum Gasteiger partial charge on any atom is 0.248 e. The quantitative estimate of drug-likeness (QED) is 0.892. The van der Waals surface area contributed by atoms with Crippen molar-refractivity contribution in [1.29, 1.82) is 0 Å². The van der Waals surface area contributed by atoms with E-state index in [1.54, 1.807) is 18.2 Å². The van der Waals surface area contributed by atoms with Gasteiger partial charge in [-0.3, -0.25) is 19.5 Å². The first-order valence-corrected chi connectivity index (χ1v) is 6.80. The first-order chi connectivity index (χ1) is 10.6. The number of aromatic nitrogens is 3. The fourth-order valence-electron chi connectivity index (χ4n) is 2.22. The molecular weight excluding hydrogens is 310 g/mol. The molecule has 114 valence electrons. The third-order valence-electron chi connectivity index (χ3n) is 3.26. The number of halogens is 1. The fraction of sp³-hybridized carbons (Fsp3) is 0.231. The highest BCUT2D eigenvalue weighted by Gasteiger charge is 2.31. The van der Waals surface area contributed by atoms with Crippen molar-refractivity contribution in [3.8, 4) is 5.75 Å². The lowest BCUT2D eigenvalue weighted by Crippen LogP contribution is -2.35. The molecule has 1 atom stereocenters. The average Bonchev–Trinajstić information content (AvgIpc) is 2.94. The number of nitrogens with zero attached hydrogens (tertiary/aromatic N) is 3. The van der Waals surface area contributed by atoms with E-state index < -0.39 is 6.04 Å². The molecule has 2 N–H and O–H groups in total. The van der Waals surface area contributed by atoms with Crippen molar-refractivity contribution in [3.05, 3.63) is 29.5 Å². The number of carbonyl (C=O) groups is 2. The molecule has 0 saturated carbocycles. The minimum Gasteiger partial charge on any atom is -0.495 e. The van der Waals surface area contributed by atoms with Gasteiger partial charge in [-0.15, -0.1) is 10.2 Å². The van der Waals surface area contributed by atoms with Crippen LogP contribution in [0, 0.1) is 0 Å². The van der Waals surface area contributed by atoms with E-state index in [1.165, 1.54) is 18.0 Å². The second-order valence-electron chi connectivity index (χ2n) is 4.66. The van der Waals surface area contributed by atoms with Crippen LogP contribution in [0.5, 0.6) is 5.75 Å². The van der Waals surface area contributed by atoms with Crippen LogP contribution in [0.15, 0.2) is 24.5 Å². The molecule has 0 aliphatic carbocycles. The van der Waals surface area contributed by atoms with Crippen molar-refractivity contribution in [2.24, 2.45) is 0 Å². The zero-order valence-corrected chi connectivity index (χ0v) is 12.3. The smallest absolute Gasteiger partial charge is 0.248 e. The molecule has 1 aromatic heterocycles. The first-order valence-electron chi connectivity index (χ1n) is 6.42. The van der Waals surface area contributed by atoms with Crippen molar-refractivity contribution in [1.82, 2.24) is 14.8 Å². The van der Waals surface area contributed by atoms with Crippen LogP contribution in [0.1, 0.15) is 12.5 Å². The Morgan fingerprint density at radius 3 is 3.14 bits per heavy atom. The van der Waals surface area contributed by atoms with Crippen molar-refractivity contribution < 1.29 is 14.3 Å². The number of benzene rings is 1. The van der Waals surface area contributed by atoms with Gasteiger partial charge in [-0.05, 0) is 18.2 Å². The van der Waals surface area contributed by atoms with Gasteiger partial charge in [-0.2, -0.15) is 0 Å². The molecule has 3 rings (SSSR count). The molecule has 1 unspecified atom stereocenters. The Morgan fingerprint density at radius 1 is 1.55 bits per heavy atom. The van der Waals surface area contributed by atoms with E-state index in [4.69, 9.17) is 16.3 Å². The zero-order valence-electron chi connectivity index (χ0n) is 11.5. The minimum atomic E-state index is -0.734. The molecule has 1 aromatic carbocycles. The molecule has 1 aliphatic heterocycles. The Hall–Kier alpha value is -2.61. The number of anilines is 2. The number of methoxy groups -OCH3 is 1. The summed E-state index contributed by atoms with van der Waals surface area (Å²) >= 11 is 5.93. The van der Waals surface area contributed by atoms with E-state index in [-0.39, 0.29) is 24.2 Å². The van der Waals surface area contributed by atoms with Crippen molar-refractivity contribution in [2.45, 2.75) is 12.5 Å². The van der Waals surface area contributed by atoms with Crippen LogP contribution in [0.4, 0.5) is 11.6 Å². The Labute approximate surface area is 130 Å². The van der Waals surface area contributed by atoms with Crippen LogP contribution in [-0.2, 0) is 9.59 Å². The molecule has 2 amide bonds. The lowest BCUT2D eigenvalue weighted by molar-refractivity contribution is -0.125. The van der Waals surface area contributed by atoms with Gasteiger partial charge in [0.15, 0.2) is 0 Å². The summed E-state index contributed by atoms with van der Waals surface area (Å²) in [6.07, 6.45) is 1.40. The van der Waals surface area contributed by atoms with Gasteiger partial charge >= 0.3 is 0 Å². The van der Waals surface area contributed by atoms with Crippen molar-refractivity contribution in [2.75, 3.05) is 17.7 Å². The number of ether oxygens (including phenoxy) is 1. The van der Waals surface area contributed by atoms with E-state index in [9.17, 15) is 9.59 Å². The number of hydrogen-bond donors (Lipinski definition) is 2. The van der Waals surface area contributed by atoms with Crippen LogP contribution >= 0.6 is 11.6 Å². The number of fused-ring (bicyclic) bond motifs is 1. The molecule has 0 saturated heterocycles. The molecule has 8 nitrogen and oxygen atoms in total. The van der Waals surface area contributed by atoms with Crippen molar-refractivity contribution in [3.63, 3.8) is 0 Å². The van der Waals surface area contributed by atoms with E-state index in [0.717, 1.165) is 0 Å². The Kier molecular flexibility index (Phi) is 3.68. The van der Waals surface area contributed by atoms with Crippen LogP contribution < -0.4 is 15.4 Å². The van der Waals surface area contributed by atoms with Crippen LogP contribution in [0.3, 0.4) is 0 Å². The minimum absolute atomic E-state index is 0.000244. The van der Waals surface area contributed by atoms with Gasteiger partial charge in [0.1, 0.15) is 18.1 Å². The zero-order chi connectivity index (χ0) is 15.7. The first kappa shape index (κ1) is 14.3. The normalized spacial score (nSPS) is 16.6. The number of amides is 2. The summed E-state index contributed by atoms with van der Waals surface area (Å²) in [4.78, 5) is 24.1. The lowest BCUT2D eigenvalue weighted by atomic mass is 10.1. The summed E-state index contributed by atoms with van der Waals surface area (Å²) < 4.78 is 6.69. The molecule has 2 heterocycles. The van der Waals surface area contributed by atoms with Gasteiger partial charge in [0, 0.05) is 5.02 Å². The second kappa shape index (κ2) is 5.64. The molecule has 2 aromatic rings. The maximum atomic E-state index is 12.5. The summed E-state index contributed by atoms with van der Waals surface area (Å²) in [6.45, 7) is 0. The third-order valence-corrected chi connectivity index (χ3v) is 3.50. The molecule has 0 bridgehead atoms. The third kappa shape index (κ3) is 2.60. The Balaban J connectivity index is 1.87. The summed E-state index contributed by atoms with van der Waals surface area (Å²) in [5, 5.41) is 13.2. The number of carbonyl (C=O) groups excluding carboxylic acids is 2. The topological polar surface area (TPSA) is 98.1 Å². The van der Waals surface area contributed by atoms with Crippen LogP contribution in [0.25, 0.3) is 0 Å². The monoisotopic (exact) mass is 321 g/mol. The van der Waals surface area contributed by atoms with Gasteiger partial charge in [0.25, 0.3) is 0 Å². The van der Waals surface area contributed by atoms with E-state index in [0.29, 0.717) is 16.5 Å². The molecule has 0 radical (unpaired) electrons. The SMILES string of the molecule is COc1ccc(Cl)cc1NC(=O)C1CC(=O)Nc2nncn21. The average molecular weight is 322 g/mol.